The number of carbonyl (C=O) groups excluding carboxylic acids is 1. The van der Waals surface area contributed by atoms with Gasteiger partial charge < -0.3 is 4.74 Å². The number of carbonyl (C=O) groups is 1. The maximum absolute atomic E-state index is 12.1. The maximum atomic E-state index is 12.1. The molecule has 0 spiro atoms. The van der Waals surface area contributed by atoms with E-state index in [4.69, 9.17) is 9.73 Å². The average Bonchev–Trinajstić information content (AvgIpc) is 3.06. The summed E-state index contributed by atoms with van der Waals surface area (Å²) in [5.41, 5.74) is 1.98. The van der Waals surface area contributed by atoms with Gasteiger partial charge in [-0.25, -0.2) is 0 Å². The largest absolute Gasteiger partial charge is 0.469 e. The highest BCUT2D eigenvalue weighted by molar-refractivity contribution is 5.70. The number of esters is 1. The highest BCUT2D eigenvalue weighted by atomic mass is 16.5. The Bertz CT molecular complexity index is 636. The molecule has 26 heavy (non-hydrogen) atoms. The van der Waals surface area contributed by atoms with Crippen LogP contribution in [-0.4, -0.2) is 25.3 Å². The maximum Gasteiger partial charge on any atom is 0.305 e. The number of nitrogens with zero attached hydrogens (tertiary/aromatic N) is 1. The van der Waals surface area contributed by atoms with Crippen molar-refractivity contribution in [2.75, 3.05) is 7.11 Å². The topological polar surface area (TPSA) is 38.7 Å². The predicted octanol–water partition coefficient (Wildman–Crippen LogP) is 5.20. The molecule has 0 amide bonds. The molecule has 0 N–H and O–H groups in total. The Morgan fingerprint density at radius 2 is 2.12 bits per heavy atom. The fraction of sp³-hybridized carbons (Fsp3) is 0.826. The van der Waals surface area contributed by atoms with Crippen molar-refractivity contribution in [2.45, 2.75) is 78.2 Å². The van der Waals surface area contributed by atoms with Crippen molar-refractivity contribution in [3.8, 4) is 0 Å². The molecule has 6 unspecified atom stereocenters. The lowest BCUT2D eigenvalue weighted by molar-refractivity contribution is -0.143. The van der Waals surface area contributed by atoms with Crippen molar-refractivity contribution in [3.63, 3.8) is 0 Å². The Kier molecular flexibility index (Phi) is 4.56. The first-order chi connectivity index (χ1) is 12.4. The summed E-state index contributed by atoms with van der Waals surface area (Å²) < 4.78 is 5.05. The van der Waals surface area contributed by atoms with E-state index in [0.717, 1.165) is 6.42 Å². The summed E-state index contributed by atoms with van der Waals surface area (Å²) in [6.07, 6.45) is 14.0. The second kappa shape index (κ2) is 6.49. The SMILES string of the molecule is COC(=O)CCC12C3=CCCC3CCC3C=NC1C(C(C)C)CCC32C. The molecular formula is C23H35NO2. The van der Waals surface area contributed by atoms with Gasteiger partial charge in [-0.15, -0.1) is 0 Å². The summed E-state index contributed by atoms with van der Waals surface area (Å²) in [6.45, 7) is 7.26. The van der Waals surface area contributed by atoms with Crippen molar-refractivity contribution in [3.05, 3.63) is 11.6 Å². The molecule has 0 aromatic rings. The lowest BCUT2D eigenvalue weighted by atomic mass is 9.43. The molecule has 1 heterocycles. The molecule has 0 aromatic heterocycles. The second-order valence-corrected chi connectivity index (χ2v) is 9.77. The van der Waals surface area contributed by atoms with E-state index >= 15 is 0 Å². The third-order valence-corrected chi connectivity index (χ3v) is 8.64. The molecule has 3 nitrogen and oxygen atoms in total. The van der Waals surface area contributed by atoms with E-state index < -0.39 is 0 Å². The third kappa shape index (κ3) is 2.38. The Labute approximate surface area is 158 Å². The van der Waals surface area contributed by atoms with Gasteiger partial charge in [0.2, 0.25) is 0 Å². The van der Waals surface area contributed by atoms with Crippen LogP contribution in [0.4, 0.5) is 0 Å². The normalized spacial score (nSPS) is 43.7. The van der Waals surface area contributed by atoms with Crippen molar-refractivity contribution in [1.82, 2.24) is 0 Å². The molecule has 4 rings (SSSR count). The minimum absolute atomic E-state index is 0.0610. The minimum atomic E-state index is -0.0624. The summed E-state index contributed by atoms with van der Waals surface area (Å²) >= 11 is 0. The Hall–Kier alpha value is -1.12. The van der Waals surface area contributed by atoms with Gasteiger partial charge in [0.05, 0.1) is 13.2 Å². The van der Waals surface area contributed by atoms with E-state index in [9.17, 15) is 4.79 Å². The molecule has 4 aliphatic rings. The summed E-state index contributed by atoms with van der Waals surface area (Å²) in [5, 5.41) is 0. The first kappa shape index (κ1) is 18.3. The molecule has 0 aromatic carbocycles. The molecule has 3 heteroatoms. The molecule has 6 atom stereocenters. The average molecular weight is 358 g/mol. The molecule has 144 valence electrons. The zero-order chi connectivity index (χ0) is 18.5. The highest BCUT2D eigenvalue weighted by Crippen LogP contribution is 2.69. The van der Waals surface area contributed by atoms with Crippen LogP contribution in [0.3, 0.4) is 0 Å². The number of fused-ring (bicyclic) bond motifs is 1. The second-order valence-electron chi connectivity index (χ2n) is 9.77. The van der Waals surface area contributed by atoms with E-state index in [1.807, 2.05) is 0 Å². The quantitative estimate of drug-likeness (QED) is 0.512. The molecule has 1 aliphatic heterocycles. The van der Waals surface area contributed by atoms with E-state index in [2.05, 4.69) is 33.1 Å². The smallest absolute Gasteiger partial charge is 0.305 e. The number of methoxy groups -OCH3 is 1. The summed E-state index contributed by atoms with van der Waals surface area (Å²) in [4.78, 5) is 17.4. The summed E-state index contributed by atoms with van der Waals surface area (Å²) in [7, 11) is 1.52. The molecular weight excluding hydrogens is 322 g/mol. The number of rotatable bonds is 4. The molecule has 4 bridgehead atoms. The van der Waals surface area contributed by atoms with Crippen molar-refractivity contribution >= 4 is 12.2 Å². The van der Waals surface area contributed by atoms with Crippen LogP contribution in [0.5, 0.6) is 0 Å². The number of ether oxygens (including phenoxy) is 1. The fourth-order valence-electron chi connectivity index (χ4n) is 7.23. The molecule has 3 aliphatic carbocycles. The number of hydrogen-bond acceptors (Lipinski definition) is 3. The van der Waals surface area contributed by atoms with E-state index in [-0.39, 0.29) is 16.8 Å². The predicted molar refractivity (Wildman–Crippen MR) is 105 cm³/mol. The van der Waals surface area contributed by atoms with E-state index in [1.165, 1.54) is 45.6 Å². The van der Waals surface area contributed by atoms with Crippen LogP contribution in [0.25, 0.3) is 0 Å². The van der Waals surface area contributed by atoms with Gasteiger partial charge in [0.25, 0.3) is 0 Å². The number of aliphatic imine (C=N–C) groups is 1. The van der Waals surface area contributed by atoms with Gasteiger partial charge in [-0.05, 0) is 68.1 Å². The van der Waals surface area contributed by atoms with Gasteiger partial charge in [-0.1, -0.05) is 32.4 Å². The van der Waals surface area contributed by atoms with Crippen LogP contribution in [0, 0.1) is 34.5 Å². The first-order valence-corrected chi connectivity index (χ1v) is 10.7. The summed E-state index contributed by atoms with van der Waals surface area (Å²) in [5.74, 6) is 2.48. The third-order valence-electron chi connectivity index (χ3n) is 8.64. The van der Waals surface area contributed by atoms with Crippen LogP contribution in [0.1, 0.15) is 72.1 Å². The lowest BCUT2D eigenvalue weighted by Crippen LogP contribution is -2.61. The van der Waals surface area contributed by atoms with Crippen LogP contribution in [0.15, 0.2) is 16.6 Å². The van der Waals surface area contributed by atoms with Crippen molar-refractivity contribution in [1.29, 1.82) is 0 Å². The Morgan fingerprint density at radius 3 is 2.85 bits per heavy atom. The molecule has 0 saturated heterocycles. The Balaban J connectivity index is 1.86. The number of hydrogen-bond donors (Lipinski definition) is 0. The van der Waals surface area contributed by atoms with Crippen LogP contribution in [0.2, 0.25) is 0 Å². The molecule has 2 fully saturated rings. The van der Waals surface area contributed by atoms with Crippen molar-refractivity contribution < 1.29 is 9.53 Å². The summed E-state index contributed by atoms with van der Waals surface area (Å²) in [6, 6.07) is 0.340. The monoisotopic (exact) mass is 357 g/mol. The van der Waals surface area contributed by atoms with Gasteiger partial charge in [-0.3, -0.25) is 9.79 Å². The molecule has 0 radical (unpaired) electrons. The van der Waals surface area contributed by atoms with Gasteiger partial charge in [0.15, 0.2) is 0 Å². The van der Waals surface area contributed by atoms with Crippen molar-refractivity contribution in [2.24, 2.45) is 39.5 Å². The highest BCUT2D eigenvalue weighted by Gasteiger charge is 2.65. The van der Waals surface area contributed by atoms with E-state index in [1.54, 1.807) is 5.57 Å². The first-order valence-electron chi connectivity index (χ1n) is 10.7. The van der Waals surface area contributed by atoms with Gasteiger partial charge in [0, 0.05) is 24.0 Å². The standard InChI is InChI=1S/C23H35NO2/c1-15(2)18-10-12-22(3)17-9-8-16-6-5-7-19(16)23(22,21(18)24-14-17)13-11-20(25)26-4/h7,14-18,21H,5-6,8-13H2,1-4H3. The minimum Gasteiger partial charge on any atom is -0.469 e. The zero-order valence-corrected chi connectivity index (χ0v) is 17.0. The van der Waals surface area contributed by atoms with Gasteiger partial charge in [-0.2, -0.15) is 0 Å². The van der Waals surface area contributed by atoms with Crippen LogP contribution < -0.4 is 0 Å². The fourth-order valence-corrected chi connectivity index (χ4v) is 7.23. The van der Waals surface area contributed by atoms with E-state index in [0.29, 0.717) is 36.1 Å². The number of allylic oxidation sites excluding steroid dienone is 1. The van der Waals surface area contributed by atoms with Gasteiger partial charge >= 0.3 is 5.97 Å². The van der Waals surface area contributed by atoms with Crippen LogP contribution in [-0.2, 0) is 9.53 Å². The van der Waals surface area contributed by atoms with Gasteiger partial charge in [0.1, 0.15) is 0 Å². The van der Waals surface area contributed by atoms with Crippen LogP contribution >= 0.6 is 0 Å². The molecule has 2 saturated carbocycles. The lowest BCUT2D eigenvalue weighted by Gasteiger charge is -2.63. The zero-order valence-electron chi connectivity index (χ0n) is 17.0. The Morgan fingerprint density at radius 1 is 1.31 bits per heavy atom.